The zero-order chi connectivity index (χ0) is 17.0. The van der Waals surface area contributed by atoms with Crippen LogP contribution >= 0.6 is 0 Å². The van der Waals surface area contributed by atoms with Crippen molar-refractivity contribution in [3.05, 3.63) is 29.8 Å². The minimum atomic E-state index is -4.54. The minimum absolute atomic E-state index is 0.242. The van der Waals surface area contributed by atoms with E-state index in [-0.39, 0.29) is 11.3 Å². The van der Waals surface area contributed by atoms with Gasteiger partial charge in [0.25, 0.3) is 0 Å². The van der Waals surface area contributed by atoms with E-state index in [2.05, 4.69) is 0 Å². The highest BCUT2D eigenvalue weighted by atomic mass is 32.2. The molecule has 2 fully saturated rings. The van der Waals surface area contributed by atoms with Crippen molar-refractivity contribution in [3.8, 4) is 0 Å². The van der Waals surface area contributed by atoms with Gasteiger partial charge in [-0.2, -0.15) is 17.5 Å². The molecule has 0 saturated carbocycles. The summed E-state index contributed by atoms with van der Waals surface area (Å²) in [6.45, 7) is 0. The van der Waals surface area contributed by atoms with Gasteiger partial charge in [0.05, 0.1) is 16.4 Å². The van der Waals surface area contributed by atoms with Crippen molar-refractivity contribution in [2.45, 2.75) is 42.4 Å². The van der Waals surface area contributed by atoms with E-state index in [1.54, 1.807) is 0 Å². The quantitative estimate of drug-likeness (QED) is 0.909. The fourth-order valence-electron chi connectivity index (χ4n) is 3.52. The fraction of sp³-hybridized carbons (Fsp3) is 0.500. The van der Waals surface area contributed by atoms with Crippen LogP contribution in [0.25, 0.3) is 0 Å². The molecule has 3 atom stereocenters. The molecule has 0 radical (unpaired) electrons. The smallest absolute Gasteiger partial charge is 0.416 e. The first kappa shape index (κ1) is 16.3. The van der Waals surface area contributed by atoms with Crippen molar-refractivity contribution in [2.75, 3.05) is 0 Å². The number of carboxylic acid groups (broad SMARTS) is 1. The summed E-state index contributed by atoms with van der Waals surface area (Å²) >= 11 is 0. The van der Waals surface area contributed by atoms with Crippen molar-refractivity contribution < 1.29 is 31.5 Å². The van der Waals surface area contributed by atoms with Crippen molar-refractivity contribution in [1.29, 1.82) is 0 Å². The van der Waals surface area contributed by atoms with Gasteiger partial charge in [-0.3, -0.25) is 4.79 Å². The molecule has 0 amide bonds. The number of carbonyl (C=O) groups is 1. The molecule has 0 aliphatic carbocycles. The first-order chi connectivity index (χ1) is 10.6. The zero-order valence-electron chi connectivity index (χ0n) is 11.8. The van der Waals surface area contributed by atoms with E-state index in [9.17, 15) is 26.4 Å². The van der Waals surface area contributed by atoms with Crippen molar-refractivity contribution in [2.24, 2.45) is 5.92 Å². The van der Waals surface area contributed by atoms with Crippen LogP contribution in [-0.2, 0) is 21.0 Å². The van der Waals surface area contributed by atoms with Gasteiger partial charge in [0.2, 0.25) is 10.0 Å². The monoisotopic (exact) mass is 349 g/mol. The van der Waals surface area contributed by atoms with Crippen LogP contribution < -0.4 is 0 Å². The van der Waals surface area contributed by atoms with Crippen molar-refractivity contribution in [1.82, 2.24) is 4.31 Å². The molecule has 0 spiro atoms. The number of hydrogen-bond donors (Lipinski definition) is 1. The number of nitrogens with zero attached hydrogens (tertiary/aromatic N) is 1. The van der Waals surface area contributed by atoms with Gasteiger partial charge in [-0.1, -0.05) is 0 Å². The summed E-state index contributed by atoms with van der Waals surface area (Å²) in [5.74, 6) is -1.79. The Morgan fingerprint density at radius 2 is 1.78 bits per heavy atom. The molecule has 2 saturated heterocycles. The van der Waals surface area contributed by atoms with Crippen LogP contribution in [0.1, 0.15) is 24.8 Å². The average Bonchev–Trinajstić information content (AvgIpc) is 3.05. The molecule has 1 aromatic rings. The molecule has 1 N–H and O–H groups in total. The van der Waals surface area contributed by atoms with Crippen molar-refractivity contribution >= 4 is 16.0 Å². The maximum absolute atomic E-state index is 12.7. The van der Waals surface area contributed by atoms with Gasteiger partial charge in [-0.15, -0.1) is 0 Å². The van der Waals surface area contributed by atoms with Gasteiger partial charge in [0, 0.05) is 12.1 Å². The predicted molar refractivity (Wildman–Crippen MR) is 73.0 cm³/mol. The van der Waals surface area contributed by atoms with Crippen LogP contribution in [0.15, 0.2) is 29.2 Å². The van der Waals surface area contributed by atoms with E-state index < -0.39 is 45.7 Å². The van der Waals surface area contributed by atoms with Crippen LogP contribution in [-0.4, -0.2) is 35.9 Å². The Labute approximate surface area is 130 Å². The number of alkyl halides is 3. The third kappa shape index (κ3) is 2.61. The van der Waals surface area contributed by atoms with Crippen LogP contribution in [0, 0.1) is 5.92 Å². The maximum atomic E-state index is 12.7. The third-order valence-electron chi connectivity index (χ3n) is 4.55. The van der Waals surface area contributed by atoms with Crippen LogP contribution in [0.5, 0.6) is 0 Å². The average molecular weight is 349 g/mol. The molecule has 1 aromatic carbocycles. The van der Waals surface area contributed by atoms with E-state index in [4.69, 9.17) is 5.11 Å². The number of carboxylic acids is 1. The maximum Gasteiger partial charge on any atom is 0.416 e. The number of halogens is 3. The van der Waals surface area contributed by atoms with Crippen LogP contribution in [0.4, 0.5) is 13.2 Å². The molecule has 126 valence electrons. The topological polar surface area (TPSA) is 74.7 Å². The first-order valence-corrected chi connectivity index (χ1v) is 8.50. The lowest BCUT2D eigenvalue weighted by Crippen LogP contribution is -2.37. The summed E-state index contributed by atoms with van der Waals surface area (Å²) < 4.78 is 64.2. The number of rotatable bonds is 3. The Kier molecular flexibility index (Phi) is 3.68. The number of benzene rings is 1. The summed E-state index contributed by atoms with van der Waals surface area (Å²) in [6, 6.07) is 2.27. The summed E-state index contributed by atoms with van der Waals surface area (Å²) in [5, 5.41) is 9.17. The van der Waals surface area contributed by atoms with E-state index in [1.807, 2.05) is 0 Å². The summed E-state index contributed by atoms with van der Waals surface area (Å²) in [7, 11) is -4.00. The molecule has 3 unspecified atom stereocenters. The van der Waals surface area contributed by atoms with Gasteiger partial charge in [0.1, 0.15) is 0 Å². The largest absolute Gasteiger partial charge is 0.481 e. The second kappa shape index (κ2) is 5.20. The molecular weight excluding hydrogens is 335 g/mol. The van der Waals surface area contributed by atoms with Crippen LogP contribution in [0.3, 0.4) is 0 Å². The standard InChI is InChI=1S/C14H14F3NO4S/c15-14(16,17)8-1-4-10(5-2-8)23(21,22)18-9-3-6-12(18)11(7-9)13(19)20/h1-2,4-5,9,11-12H,3,6-7H2,(H,19,20). The van der Waals surface area contributed by atoms with Crippen LogP contribution in [0.2, 0.25) is 0 Å². The Morgan fingerprint density at radius 3 is 2.26 bits per heavy atom. The molecule has 2 bridgehead atoms. The summed E-state index contributed by atoms with van der Waals surface area (Å²) in [6.07, 6.45) is -3.25. The lowest BCUT2D eigenvalue weighted by molar-refractivity contribution is -0.142. The highest BCUT2D eigenvalue weighted by Gasteiger charge is 2.54. The molecule has 23 heavy (non-hydrogen) atoms. The van der Waals surface area contributed by atoms with E-state index in [1.165, 1.54) is 4.31 Å². The number of hydrogen-bond acceptors (Lipinski definition) is 3. The normalized spacial score (nSPS) is 28.2. The number of fused-ring (bicyclic) bond motifs is 2. The van der Waals surface area contributed by atoms with Gasteiger partial charge in [-0.05, 0) is 43.5 Å². The summed E-state index contributed by atoms with van der Waals surface area (Å²) in [4.78, 5) is 11.0. The lowest BCUT2D eigenvalue weighted by atomic mass is 9.89. The lowest BCUT2D eigenvalue weighted by Gasteiger charge is -2.22. The predicted octanol–water partition coefficient (Wildman–Crippen LogP) is 2.33. The van der Waals surface area contributed by atoms with Gasteiger partial charge < -0.3 is 5.11 Å². The van der Waals surface area contributed by atoms with Crippen molar-refractivity contribution in [3.63, 3.8) is 0 Å². The van der Waals surface area contributed by atoms with Gasteiger partial charge >= 0.3 is 12.1 Å². The molecule has 3 rings (SSSR count). The molecule has 5 nitrogen and oxygen atoms in total. The van der Waals surface area contributed by atoms with E-state index in [0.29, 0.717) is 12.8 Å². The Balaban J connectivity index is 1.92. The van der Waals surface area contributed by atoms with Gasteiger partial charge in [-0.25, -0.2) is 8.42 Å². The molecule has 2 aliphatic heterocycles. The first-order valence-electron chi connectivity index (χ1n) is 7.06. The highest BCUT2D eigenvalue weighted by molar-refractivity contribution is 7.89. The zero-order valence-corrected chi connectivity index (χ0v) is 12.6. The Bertz CT molecular complexity index is 729. The third-order valence-corrected chi connectivity index (χ3v) is 6.54. The summed E-state index contributed by atoms with van der Waals surface area (Å²) in [5.41, 5.74) is -0.927. The van der Waals surface area contributed by atoms with E-state index in [0.717, 1.165) is 24.3 Å². The van der Waals surface area contributed by atoms with Gasteiger partial charge in [0.15, 0.2) is 0 Å². The molecular formula is C14H14F3NO4S. The molecule has 2 aliphatic rings. The minimum Gasteiger partial charge on any atom is -0.481 e. The second-order valence-corrected chi connectivity index (χ2v) is 7.68. The van der Waals surface area contributed by atoms with E-state index >= 15 is 0 Å². The Morgan fingerprint density at radius 1 is 1.17 bits per heavy atom. The second-order valence-electron chi connectivity index (χ2n) is 5.84. The fourth-order valence-corrected chi connectivity index (χ4v) is 5.43. The number of sulfonamides is 1. The Hall–Kier alpha value is -1.61. The SMILES string of the molecule is O=C(O)C1CC2CCC1N2S(=O)(=O)c1ccc(C(F)(F)F)cc1. The highest BCUT2D eigenvalue weighted by Crippen LogP contribution is 2.45. The molecule has 2 heterocycles. The number of aliphatic carboxylic acids is 1. The molecule has 0 aromatic heterocycles. The molecule has 9 heteroatoms.